The molecule has 0 aliphatic carbocycles. The number of benzene rings is 2. The first-order chi connectivity index (χ1) is 18.3. The van der Waals surface area contributed by atoms with Crippen molar-refractivity contribution in [3.05, 3.63) is 113 Å². The zero-order valence-electron chi connectivity index (χ0n) is 22.2. The number of pyridine rings is 1. The lowest BCUT2D eigenvalue weighted by atomic mass is 9.96. The van der Waals surface area contributed by atoms with E-state index in [1.165, 1.54) is 22.4 Å². The van der Waals surface area contributed by atoms with Crippen LogP contribution in [0.4, 0.5) is 5.69 Å². The number of hydrogen-bond donors (Lipinski definition) is 2. The molecule has 0 saturated carbocycles. The van der Waals surface area contributed by atoms with Gasteiger partial charge in [-0.25, -0.2) is 0 Å². The Kier molecular flexibility index (Phi) is 7.29. The number of nitrogens with zero attached hydrogens (tertiary/aromatic N) is 3. The van der Waals surface area contributed by atoms with Gasteiger partial charge in [-0.1, -0.05) is 42.5 Å². The van der Waals surface area contributed by atoms with Gasteiger partial charge in [0.15, 0.2) is 5.11 Å². The van der Waals surface area contributed by atoms with E-state index >= 15 is 0 Å². The average Bonchev–Trinajstić information content (AvgIpc) is 3.39. The molecule has 2 unspecified atom stereocenters. The van der Waals surface area contributed by atoms with Gasteiger partial charge in [-0.2, -0.15) is 0 Å². The molecule has 0 bridgehead atoms. The minimum atomic E-state index is -0.132. The summed E-state index contributed by atoms with van der Waals surface area (Å²) >= 11 is 5.84. The lowest BCUT2D eigenvalue weighted by Crippen LogP contribution is -2.32. The van der Waals surface area contributed by atoms with E-state index in [4.69, 9.17) is 12.2 Å². The Morgan fingerprint density at radius 2 is 1.68 bits per heavy atom. The van der Waals surface area contributed by atoms with Crippen LogP contribution in [0.3, 0.4) is 0 Å². The summed E-state index contributed by atoms with van der Waals surface area (Å²) in [6, 6.07) is 23.9. The third kappa shape index (κ3) is 4.94. The van der Waals surface area contributed by atoms with E-state index in [1.54, 1.807) is 0 Å². The van der Waals surface area contributed by atoms with Gasteiger partial charge in [-0.3, -0.25) is 9.78 Å². The van der Waals surface area contributed by atoms with E-state index in [0.29, 0.717) is 18.1 Å². The molecule has 6 nitrogen and oxygen atoms in total. The maximum atomic E-state index is 12.8. The van der Waals surface area contributed by atoms with Gasteiger partial charge in [-0.15, -0.1) is 0 Å². The summed E-state index contributed by atoms with van der Waals surface area (Å²) in [5.74, 6) is -0.0416. The Hall–Kier alpha value is -3.97. The van der Waals surface area contributed by atoms with Crippen LogP contribution in [0.15, 0.2) is 79.0 Å². The van der Waals surface area contributed by atoms with Gasteiger partial charge >= 0.3 is 0 Å². The molecule has 0 radical (unpaired) electrons. The summed E-state index contributed by atoms with van der Waals surface area (Å²) in [6.07, 6.45) is 2.13. The Morgan fingerprint density at radius 1 is 0.974 bits per heavy atom. The summed E-state index contributed by atoms with van der Waals surface area (Å²) in [4.78, 5) is 19.7. The molecule has 1 aliphatic rings. The number of carbonyl (C=O) groups excluding carboxylic acids is 1. The van der Waals surface area contributed by atoms with Crippen LogP contribution in [0.1, 0.15) is 52.3 Å². The van der Waals surface area contributed by atoms with Crippen LogP contribution in [0.25, 0.3) is 5.69 Å². The van der Waals surface area contributed by atoms with Gasteiger partial charge in [0, 0.05) is 36.2 Å². The fraction of sp³-hybridized carbons (Fsp3) is 0.258. The summed E-state index contributed by atoms with van der Waals surface area (Å²) in [7, 11) is 0. The highest BCUT2D eigenvalue weighted by molar-refractivity contribution is 7.80. The number of hydrogen-bond acceptors (Lipinski definition) is 3. The minimum Gasteiger partial charge on any atom is -0.352 e. The third-order valence-corrected chi connectivity index (χ3v) is 7.64. The predicted octanol–water partition coefficient (Wildman–Crippen LogP) is 6.11. The topological polar surface area (TPSA) is 62.2 Å². The molecule has 2 aromatic heterocycles. The first-order valence-corrected chi connectivity index (χ1v) is 13.3. The quantitative estimate of drug-likeness (QED) is 0.286. The number of rotatable bonds is 7. The molecule has 2 N–H and O–H groups in total. The van der Waals surface area contributed by atoms with Crippen LogP contribution in [0.5, 0.6) is 0 Å². The summed E-state index contributed by atoms with van der Waals surface area (Å²) in [5.41, 5.74) is 8.89. The van der Waals surface area contributed by atoms with E-state index in [9.17, 15) is 4.79 Å². The standard InChI is InChI=1S/C31H33N5OS/c1-20-11-10-12-21(2)29(20)36-22(3)19-25(23(36)4)30-28(26-15-8-9-17-32-26)34-31(38)35(30)18-16-27(37)33-24-13-6-5-7-14-24/h5-15,17,19,28,30H,16,18H2,1-4H3,(H,33,37)(H,34,38). The van der Waals surface area contributed by atoms with Crippen LogP contribution in [0.2, 0.25) is 0 Å². The number of thiocarbonyl (C=S) groups is 1. The second-order valence-electron chi connectivity index (χ2n) is 9.89. The van der Waals surface area contributed by atoms with Crippen molar-refractivity contribution in [2.75, 3.05) is 11.9 Å². The highest BCUT2D eigenvalue weighted by Crippen LogP contribution is 2.42. The van der Waals surface area contributed by atoms with E-state index in [-0.39, 0.29) is 18.0 Å². The first kappa shape index (κ1) is 25.7. The van der Waals surface area contributed by atoms with Crippen molar-refractivity contribution in [3.8, 4) is 5.69 Å². The first-order valence-electron chi connectivity index (χ1n) is 12.9. The number of carbonyl (C=O) groups is 1. The Balaban J connectivity index is 1.51. The normalized spacial score (nSPS) is 16.9. The molecule has 0 spiro atoms. The molecule has 2 atom stereocenters. The molecule has 5 rings (SSSR count). The largest absolute Gasteiger partial charge is 0.352 e. The van der Waals surface area contributed by atoms with Crippen molar-refractivity contribution < 1.29 is 4.79 Å². The maximum Gasteiger partial charge on any atom is 0.226 e. The number of anilines is 1. The van der Waals surface area contributed by atoms with Gasteiger partial charge in [0.1, 0.15) is 0 Å². The van der Waals surface area contributed by atoms with E-state index in [2.05, 4.69) is 77.0 Å². The van der Waals surface area contributed by atoms with Crippen molar-refractivity contribution in [3.63, 3.8) is 0 Å². The molecular formula is C31H33N5OS. The number of aryl methyl sites for hydroxylation is 3. The van der Waals surface area contributed by atoms with Crippen molar-refractivity contribution in [2.24, 2.45) is 0 Å². The van der Waals surface area contributed by atoms with E-state index < -0.39 is 0 Å². The van der Waals surface area contributed by atoms with Crippen LogP contribution in [-0.2, 0) is 4.79 Å². The summed E-state index contributed by atoms with van der Waals surface area (Å²) in [6.45, 7) is 9.12. The smallest absolute Gasteiger partial charge is 0.226 e. The zero-order chi connectivity index (χ0) is 26.8. The van der Waals surface area contributed by atoms with Gasteiger partial charge in [0.05, 0.1) is 23.5 Å². The highest BCUT2D eigenvalue weighted by Gasteiger charge is 2.41. The number of amides is 1. The maximum absolute atomic E-state index is 12.8. The molecule has 1 saturated heterocycles. The van der Waals surface area contributed by atoms with Crippen molar-refractivity contribution in [2.45, 2.75) is 46.2 Å². The van der Waals surface area contributed by atoms with E-state index in [1.807, 2.05) is 54.7 Å². The van der Waals surface area contributed by atoms with E-state index in [0.717, 1.165) is 22.8 Å². The van der Waals surface area contributed by atoms with Crippen molar-refractivity contribution >= 4 is 28.9 Å². The van der Waals surface area contributed by atoms with Crippen molar-refractivity contribution in [1.82, 2.24) is 19.8 Å². The molecule has 1 fully saturated rings. The summed E-state index contributed by atoms with van der Waals surface area (Å²) < 4.78 is 2.34. The fourth-order valence-electron chi connectivity index (χ4n) is 5.54. The molecule has 1 aliphatic heterocycles. The average molecular weight is 524 g/mol. The van der Waals surface area contributed by atoms with Gasteiger partial charge in [-0.05, 0) is 86.9 Å². The minimum absolute atomic E-state index is 0.0416. The van der Waals surface area contributed by atoms with Crippen molar-refractivity contribution in [1.29, 1.82) is 0 Å². The predicted molar refractivity (Wildman–Crippen MR) is 157 cm³/mol. The molecule has 4 aromatic rings. The lowest BCUT2D eigenvalue weighted by Gasteiger charge is -2.28. The Bertz CT molecular complexity index is 1440. The SMILES string of the molecule is Cc1cccc(C)c1-n1c(C)cc(C2C(c3ccccn3)NC(=S)N2CCC(=O)Nc2ccccc2)c1C. The molecular weight excluding hydrogens is 490 g/mol. The van der Waals surface area contributed by atoms with Gasteiger partial charge in [0.2, 0.25) is 5.91 Å². The monoisotopic (exact) mass is 523 g/mol. The molecule has 1 amide bonds. The lowest BCUT2D eigenvalue weighted by molar-refractivity contribution is -0.116. The molecule has 38 heavy (non-hydrogen) atoms. The second kappa shape index (κ2) is 10.8. The summed E-state index contributed by atoms with van der Waals surface area (Å²) in [5, 5.41) is 7.14. The molecule has 194 valence electrons. The van der Waals surface area contributed by atoms with Crippen LogP contribution in [-0.4, -0.2) is 32.0 Å². The van der Waals surface area contributed by atoms with Crippen LogP contribution < -0.4 is 10.6 Å². The Labute approximate surface area is 229 Å². The Morgan fingerprint density at radius 3 is 2.37 bits per heavy atom. The second-order valence-corrected chi connectivity index (χ2v) is 10.3. The molecule has 2 aromatic carbocycles. The number of nitrogens with one attached hydrogen (secondary N) is 2. The third-order valence-electron chi connectivity index (χ3n) is 7.29. The fourth-order valence-corrected chi connectivity index (χ4v) is 5.87. The highest BCUT2D eigenvalue weighted by atomic mass is 32.1. The van der Waals surface area contributed by atoms with Crippen LogP contribution >= 0.6 is 12.2 Å². The number of aromatic nitrogens is 2. The molecule has 3 heterocycles. The van der Waals surface area contributed by atoms with Gasteiger partial charge < -0.3 is 20.1 Å². The van der Waals surface area contributed by atoms with Gasteiger partial charge in [0.25, 0.3) is 0 Å². The zero-order valence-corrected chi connectivity index (χ0v) is 23.0. The van der Waals surface area contributed by atoms with Crippen LogP contribution in [0, 0.1) is 27.7 Å². The molecule has 7 heteroatoms. The number of para-hydroxylation sites is 2.